The zero-order valence-corrected chi connectivity index (χ0v) is 14.9. The van der Waals surface area contributed by atoms with Crippen LogP contribution in [-0.4, -0.2) is 36.3 Å². The second kappa shape index (κ2) is 6.50. The molecule has 1 aliphatic heterocycles. The van der Waals surface area contributed by atoms with E-state index in [0.717, 1.165) is 0 Å². The molecule has 2 aromatic heterocycles. The molecule has 0 saturated carbocycles. The number of thioether (sulfide) groups is 1. The van der Waals surface area contributed by atoms with Crippen LogP contribution in [0, 0.1) is 17.0 Å². The number of H-pyrrole nitrogens is 1. The number of carbonyl (C=O) groups is 1. The van der Waals surface area contributed by atoms with Crippen molar-refractivity contribution in [1.29, 1.82) is 0 Å². The first-order valence-electron chi connectivity index (χ1n) is 8.07. The first kappa shape index (κ1) is 17.2. The maximum atomic E-state index is 12.6. The molecule has 0 radical (unpaired) electrons. The first-order valence-corrected chi connectivity index (χ1v) is 9.06. The van der Waals surface area contributed by atoms with E-state index in [1.807, 2.05) is 0 Å². The highest BCUT2D eigenvalue weighted by Crippen LogP contribution is 2.33. The Morgan fingerprint density at radius 3 is 3.07 bits per heavy atom. The zero-order valence-electron chi connectivity index (χ0n) is 14.1. The second-order valence-electron chi connectivity index (χ2n) is 6.18. The third-order valence-electron chi connectivity index (χ3n) is 4.37. The molecule has 1 unspecified atom stereocenters. The summed E-state index contributed by atoms with van der Waals surface area (Å²) in [5, 5.41) is 21.0. The molecule has 0 bridgehead atoms. The van der Waals surface area contributed by atoms with Crippen molar-refractivity contribution >= 4 is 40.1 Å². The number of nitro benzene ring substituents is 1. The summed E-state index contributed by atoms with van der Waals surface area (Å²) < 4.78 is 1.53. The number of carbonyl (C=O) groups excluding carboxylic acids is 1. The molecule has 27 heavy (non-hydrogen) atoms. The summed E-state index contributed by atoms with van der Waals surface area (Å²) in [7, 11) is 0. The highest BCUT2D eigenvalue weighted by molar-refractivity contribution is 7.99. The van der Waals surface area contributed by atoms with E-state index in [0.29, 0.717) is 33.2 Å². The van der Waals surface area contributed by atoms with Crippen LogP contribution in [0.5, 0.6) is 0 Å². The van der Waals surface area contributed by atoms with Crippen molar-refractivity contribution < 1.29 is 9.72 Å². The van der Waals surface area contributed by atoms with E-state index < -0.39 is 4.92 Å². The van der Waals surface area contributed by atoms with E-state index in [9.17, 15) is 19.7 Å². The average molecular weight is 386 g/mol. The van der Waals surface area contributed by atoms with Gasteiger partial charge in [-0.3, -0.25) is 29.4 Å². The topological polar surface area (TPSA) is 136 Å². The number of benzene rings is 1. The minimum atomic E-state index is -0.485. The van der Waals surface area contributed by atoms with Crippen LogP contribution in [0.15, 0.2) is 34.3 Å². The average Bonchev–Trinajstić information content (AvgIpc) is 3.24. The first-order chi connectivity index (χ1) is 12.9. The van der Waals surface area contributed by atoms with Crippen molar-refractivity contribution in [2.24, 2.45) is 0 Å². The van der Waals surface area contributed by atoms with Crippen molar-refractivity contribution in [3.05, 3.63) is 50.4 Å². The van der Waals surface area contributed by atoms with E-state index in [-0.39, 0.29) is 29.6 Å². The number of aromatic nitrogens is 4. The Balaban J connectivity index is 1.54. The standard InChI is InChI=1S/C16H14N6O4S/c1-8-4-9(22(25)26)2-3-12(8)18-13(23)5-10-7-27-16-19-14-11(6-17-20-14)15(24)21(10)16/h2-4,6,10H,5,7H2,1H3,(H,17,20)(H,18,23). The summed E-state index contributed by atoms with van der Waals surface area (Å²) in [6.07, 6.45) is 1.53. The molecule has 1 atom stereocenters. The Labute approximate surface area is 156 Å². The third-order valence-corrected chi connectivity index (χ3v) is 5.47. The van der Waals surface area contributed by atoms with Gasteiger partial charge in [-0.05, 0) is 18.6 Å². The maximum Gasteiger partial charge on any atom is 0.269 e. The van der Waals surface area contributed by atoms with Crippen molar-refractivity contribution in [3.8, 4) is 0 Å². The van der Waals surface area contributed by atoms with Crippen LogP contribution >= 0.6 is 11.8 Å². The van der Waals surface area contributed by atoms with Gasteiger partial charge in [0, 0.05) is 30.0 Å². The number of nitro groups is 1. The molecule has 1 aromatic carbocycles. The van der Waals surface area contributed by atoms with E-state index in [1.54, 1.807) is 6.92 Å². The smallest absolute Gasteiger partial charge is 0.269 e. The van der Waals surface area contributed by atoms with Crippen molar-refractivity contribution in [2.75, 3.05) is 11.1 Å². The number of rotatable bonds is 4. The number of non-ortho nitro benzene ring substituents is 1. The minimum absolute atomic E-state index is 0.0339. The van der Waals surface area contributed by atoms with Crippen LogP contribution in [0.25, 0.3) is 11.0 Å². The van der Waals surface area contributed by atoms with Gasteiger partial charge in [0.25, 0.3) is 11.2 Å². The summed E-state index contributed by atoms with van der Waals surface area (Å²) in [5.41, 5.74) is 1.28. The van der Waals surface area contributed by atoms with Gasteiger partial charge in [0.2, 0.25) is 5.91 Å². The van der Waals surface area contributed by atoms with E-state index in [2.05, 4.69) is 20.5 Å². The summed E-state index contributed by atoms with van der Waals surface area (Å²) >= 11 is 1.41. The van der Waals surface area contributed by atoms with Gasteiger partial charge in [-0.2, -0.15) is 5.10 Å². The number of anilines is 1. The molecule has 1 amide bonds. The summed E-state index contributed by atoms with van der Waals surface area (Å²) in [6.45, 7) is 1.69. The Morgan fingerprint density at radius 1 is 1.52 bits per heavy atom. The molecule has 4 rings (SSSR count). The van der Waals surface area contributed by atoms with Crippen molar-refractivity contribution in [2.45, 2.75) is 24.5 Å². The quantitative estimate of drug-likeness (QED) is 0.398. The van der Waals surface area contributed by atoms with Gasteiger partial charge in [-0.1, -0.05) is 11.8 Å². The molecule has 0 spiro atoms. The molecule has 138 valence electrons. The number of aryl methyl sites for hydroxylation is 1. The molecular weight excluding hydrogens is 372 g/mol. The fraction of sp³-hybridized carbons (Fsp3) is 0.250. The summed E-state index contributed by atoms with van der Waals surface area (Å²) in [6, 6.07) is 3.93. The van der Waals surface area contributed by atoms with Crippen LogP contribution < -0.4 is 10.9 Å². The van der Waals surface area contributed by atoms with Gasteiger partial charge < -0.3 is 5.32 Å². The molecule has 10 nitrogen and oxygen atoms in total. The van der Waals surface area contributed by atoms with E-state index in [1.165, 1.54) is 40.7 Å². The van der Waals surface area contributed by atoms with Crippen LogP contribution in [-0.2, 0) is 4.79 Å². The molecule has 0 fully saturated rings. The molecule has 11 heteroatoms. The predicted octanol–water partition coefficient (Wildman–Crippen LogP) is 2.01. The van der Waals surface area contributed by atoms with Crippen molar-refractivity contribution in [1.82, 2.24) is 19.7 Å². The number of amides is 1. The van der Waals surface area contributed by atoms with Gasteiger partial charge >= 0.3 is 0 Å². The number of hydrogen-bond acceptors (Lipinski definition) is 7. The summed E-state index contributed by atoms with van der Waals surface area (Å²) in [4.78, 5) is 39.8. The molecule has 3 heterocycles. The number of nitrogens with one attached hydrogen (secondary N) is 2. The monoisotopic (exact) mass is 386 g/mol. The van der Waals surface area contributed by atoms with Gasteiger partial charge in [0.05, 0.1) is 17.2 Å². The Hall–Kier alpha value is -3.21. The lowest BCUT2D eigenvalue weighted by Crippen LogP contribution is -2.27. The highest BCUT2D eigenvalue weighted by atomic mass is 32.2. The Morgan fingerprint density at radius 2 is 2.33 bits per heavy atom. The van der Waals surface area contributed by atoms with Gasteiger partial charge in [0.15, 0.2) is 10.8 Å². The largest absolute Gasteiger partial charge is 0.326 e. The second-order valence-corrected chi connectivity index (χ2v) is 7.16. The molecule has 0 saturated heterocycles. The lowest BCUT2D eigenvalue weighted by atomic mass is 10.1. The fourth-order valence-electron chi connectivity index (χ4n) is 3.02. The van der Waals surface area contributed by atoms with Crippen LogP contribution in [0.1, 0.15) is 18.0 Å². The van der Waals surface area contributed by atoms with E-state index in [4.69, 9.17) is 0 Å². The predicted molar refractivity (Wildman–Crippen MR) is 99.0 cm³/mol. The third kappa shape index (κ3) is 3.05. The Kier molecular flexibility index (Phi) is 4.15. The fourth-order valence-corrected chi connectivity index (χ4v) is 4.16. The number of nitrogens with zero attached hydrogens (tertiary/aromatic N) is 4. The molecule has 2 N–H and O–H groups in total. The minimum Gasteiger partial charge on any atom is -0.326 e. The number of fused-ring (bicyclic) bond motifs is 2. The number of hydrogen-bond donors (Lipinski definition) is 2. The Bertz CT molecular complexity index is 1140. The highest BCUT2D eigenvalue weighted by Gasteiger charge is 2.29. The SMILES string of the molecule is Cc1cc([N+](=O)[O-])ccc1NC(=O)CC1CSc2nc3[nH]ncc3c(=O)n21. The van der Waals surface area contributed by atoms with Crippen LogP contribution in [0.4, 0.5) is 11.4 Å². The van der Waals surface area contributed by atoms with E-state index >= 15 is 0 Å². The zero-order chi connectivity index (χ0) is 19.1. The lowest BCUT2D eigenvalue weighted by molar-refractivity contribution is -0.384. The molecule has 1 aliphatic rings. The van der Waals surface area contributed by atoms with Gasteiger partial charge in [-0.15, -0.1) is 0 Å². The van der Waals surface area contributed by atoms with Gasteiger partial charge in [0.1, 0.15) is 5.39 Å². The summed E-state index contributed by atoms with van der Waals surface area (Å²) in [5.74, 6) is 0.291. The van der Waals surface area contributed by atoms with Crippen LogP contribution in [0.2, 0.25) is 0 Å². The van der Waals surface area contributed by atoms with Crippen LogP contribution in [0.3, 0.4) is 0 Å². The molecule has 3 aromatic rings. The number of aromatic amines is 1. The molecular formula is C16H14N6O4S. The lowest BCUT2D eigenvalue weighted by Gasteiger charge is -2.14. The maximum absolute atomic E-state index is 12.6. The van der Waals surface area contributed by atoms with Gasteiger partial charge in [-0.25, -0.2) is 4.98 Å². The normalized spacial score (nSPS) is 15.7. The molecule has 0 aliphatic carbocycles. The van der Waals surface area contributed by atoms with Crippen molar-refractivity contribution in [3.63, 3.8) is 0 Å².